The molecule has 0 bridgehead atoms. The van der Waals surface area contributed by atoms with Crippen molar-refractivity contribution >= 4 is 5.97 Å². The largest absolute Gasteiger partial charge is 0.619 e. The summed E-state index contributed by atoms with van der Waals surface area (Å²) in [6, 6.07) is 8.98. The van der Waals surface area contributed by atoms with E-state index in [4.69, 9.17) is 4.74 Å². The van der Waals surface area contributed by atoms with Crippen LogP contribution in [-0.4, -0.2) is 15.7 Å². The summed E-state index contributed by atoms with van der Waals surface area (Å²) in [5.74, 6) is -0.803. The number of halogens is 1. The van der Waals surface area contributed by atoms with Crippen molar-refractivity contribution in [3.63, 3.8) is 0 Å². The van der Waals surface area contributed by atoms with Gasteiger partial charge in [-0.25, -0.2) is 13.9 Å². The van der Waals surface area contributed by atoms with Gasteiger partial charge in [0.2, 0.25) is 0 Å². The van der Waals surface area contributed by atoms with Gasteiger partial charge < -0.3 is 9.94 Å². The van der Waals surface area contributed by atoms with Gasteiger partial charge in [0, 0.05) is 23.4 Å². The number of carbonyl (C=O) groups is 1. The van der Waals surface area contributed by atoms with Crippen LogP contribution in [0.1, 0.15) is 33.7 Å². The smallest absolute Gasteiger partial charge is 0.338 e. The molecule has 4 rings (SSSR count). The zero-order valence-corrected chi connectivity index (χ0v) is 13.9. The van der Waals surface area contributed by atoms with Gasteiger partial charge in [-0.3, -0.25) is 0 Å². The van der Waals surface area contributed by atoms with Crippen molar-refractivity contribution in [1.82, 2.24) is 9.78 Å². The molecule has 0 saturated heterocycles. The van der Waals surface area contributed by atoms with Crippen LogP contribution in [0.25, 0.3) is 5.69 Å². The fourth-order valence-electron chi connectivity index (χ4n) is 3.19. The third-order valence-electron chi connectivity index (χ3n) is 4.46. The Labute approximate surface area is 149 Å². The highest BCUT2D eigenvalue weighted by Gasteiger charge is 2.24. The number of hydrogen-bond donors (Lipinski definition) is 0. The summed E-state index contributed by atoms with van der Waals surface area (Å²) in [5.41, 5.74) is 3.98. The minimum absolute atomic E-state index is 0.0572. The van der Waals surface area contributed by atoms with Gasteiger partial charge in [-0.15, -0.1) is 0 Å². The lowest BCUT2D eigenvalue weighted by Crippen LogP contribution is -2.24. The van der Waals surface area contributed by atoms with Gasteiger partial charge in [0.05, 0.1) is 11.3 Å². The van der Waals surface area contributed by atoms with E-state index >= 15 is 0 Å². The van der Waals surface area contributed by atoms with Crippen LogP contribution in [-0.2, 0) is 24.2 Å². The summed E-state index contributed by atoms with van der Waals surface area (Å²) in [4.78, 5) is 12.1. The molecule has 0 fully saturated rings. The summed E-state index contributed by atoms with van der Waals surface area (Å²) in [6.45, 7) is 0.0572. The number of fused-ring (bicyclic) bond motifs is 1. The van der Waals surface area contributed by atoms with Crippen LogP contribution in [0, 0.1) is 11.0 Å². The molecular weight excluding hydrogens is 337 g/mol. The summed E-state index contributed by atoms with van der Waals surface area (Å²) < 4.78 is 20.9. The summed E-state index contributed by atoms with van der Waals surface area (Å²) in [5, 5.41) is 15.6. The molecule has 132 valence electrons. The van der Waals surface area contributed by atoms with Crippen LogP contribution in [0.15, 0.2) is 48.8 Å². The van der Waals surface area contributed by atoms with Crippen molar-refractivity contribution in [3.05, 3.63) is 82.3 Å². The van der Waals surface area contributed by atoms with E-state index in [2.05, 4.69) is 5.10 Å². The first-order valence-corrected chi connectivity index (χ1v) is 8.33. The molecule has 0 aliphatic heterocycles. The van der Waals surface area contributed by atoms with E-state index in [0.29, 0.717) is 16.0 Å². The van der Waals surface area contributed by atoms with Crippen molar-refractivity contribution < 1.29 is 18.7 Å². The first-order chi connectivity index (χ1) is 12.6. The number of rotatable bonds is 4. The topological polar surface area (TPSA) is 71.1 Å². The maximum absolute atomic E-state index is 13.2. The highest BCUT2D eigenvalue weighted by atomic mass is 19.1. The first-order valence-electron chi connectivity index (χ1n) is 8.33. The lowest BCUT2D eigenvalue weighted by molar-refractivity contribution is -0.605. The maximum Gasteiger partial charge on any atom is 0.338 e. The predicted molar refractivity (Wildman–Crippen MR) is 90.1 cm³/mol. The second-order valence-corrected chi connectivity index (χ2v) is 6.14. The predicted octanol–water partition coefficient (Wildman–Crippen LogP) is 2.49. The fraction of sp³-hybridized carbons (Fsp3) is 0.211. The highest BCUT2D eigenvalue weighted by Crippen LogP contribution is 2.28. The Balaban J connectivity index is 1.56. The second-order valence-electron chi connectivity index (χ2n) is 6.14. The number of pyridine rings is 1. The van der Waals surface area contributed by atoms with Crippen LogP contribution in [0.2, 0.25) is 0 Å². The Morgan fingerprint density at radius 2 is 1.92 bits per heavy atom. The summed E-state index contributed by atoms with van der Waals surface area (Å²) >= 11 is 0. The van der Waals surface area contributed by atoms with Crippen molar-refractivity contribution in [2.24, 2.45) is 0 Å². The van der Waals surface area contributed by atoms with Crippen LogP contribution in [0.3, 0.4) is 0 Å². The Morgan fingerprint density at radius 3 is 2.65 bits per heavy atom. The number of benzene rings is 1. The van der Waals surface area contributed by atoms with E-state index in [9.17, 15) is 14.4 Å². The lowest BCUT2D eigenvalue weighted by atomic mass is 10.2. The molecule has 2 heterocycles. The van der Waals surface area contributed by atoms with Gasteiger partial charge >= 0.3 is 5.97 Å². The number of hydrogen-bond acceptors (Lipinski definition) is 4. The van der Waals surface area contributed by atoms with Crippen LogP contribution in [0.5, 0.6) is 0 Å². The molecule has 1 aliphatic carbocycles. The molecule has 0 radical (unpaired) electrons. The minimum Gasteiger partial charge on any atom is -0.619 e. The number of carbonyl (C=O) groups excluding carboxylic acids is 1. The third kappa shape index (κ3) is 3.03. The zero-order chi connectivity index (χ0) is 18.1. The highest BCUT2D eigenvalue weighted by molar-refractivity contribution is 5.89. The second kappa shape index (κ2) is 6.59. The monoisotopic (exact) mass is 353 g/mol. The molecule has 2 aromatic heterocycles. The van der Waals surface area contributed by atoms with Gasteiger partial charge in [-0.05, 0) is 43.5 Å². The summed E-state index contributed by atoms with van der Waals surface area (Å²) in [7, 11) is 0. The van der Waals surface area contributed by atoms with Crippen LogP contribution >= 0.6 is 0 Å². The van der Waals surface area contributed by atoms with E-state index in [1.807, 2.05) is 0 Å². The Kier molecular flexibility index (Phi) is 4.12. The van der Waals surface area contributed by atoms with E-state index in [1.54, 1.807) is 16.8 Å². The lowest BCUT2D eigenvalue weighted by Gasteiger charge is -2.05. The van der Waals surface area contributed by atoms with Crippen molar-refractivity contribution in [1.29, 1.82) is 0 Å². The normalized spacial score (nSPS) is 12.8. The number of esters is 1. The van der Waals surface area contributed by atoms with Crippen LogP contribution in [0.4, 0.5) is 4.39 Å². The first kappa shape index (κ1) is 16.3. The molecule has 6 nitrogen and oxygen atoms in total. The van der Waals surface area contributed by atoms with E-state index in [0.717, 1.165) is 36.2 Å². The average molecular weight is 353 g/mol. The van der Waals surface area contributed by atoms with Gasteiger partial charge in [0.15, 0.2) is 12.4 Å². The molecule has 3 aromatic rings. The Hall–Kier alpha value is -3.22. The molecule has 0 atom stereocenters. The van der Waals surface area contributed by atoms with Crippen molar-refractivity contribution in [2.45, 2.75) is 25.9 Å². The van der Waals surface area contributed by atoms with E-state index < -0.39 is 5.97 Å². The molecular formula is C19H16FN3O3. The van der Waals surface area contributed by atoms with E-state index in [1.165, 1.54) is 36.7 Å². The molecule has 26 heavy (non-hydrogen) atoms. The molecule has 1 aliphatic rings. The molecule has 0 unspecified atom stereocenters. The van der Waals surface area contributed by atoms with E-state index in [-0.39, 0.29) is 12.4 Å². The fourth-order valence-corrected chi connectivity index (χ4v) is 3.19. The van der Waals surface area contributed by atoms with Crippen molar-refractivity contribution in [2.75, 3.05) is 0 Å². The summed E-state index contributed by atoms with van der Waals surface area (Å²) in [6.07, 6.45) is 5.27. The Bertz CT molecular complexity index is 949. The molecule has 0 spiro atoms. The standard InChI is InChI=1S/C19H16FN3O3/c20-14-4-6-15(7-5-14)23-18-3-1-2-16(18)17(21-23)12-26-19(24)13-8-10-22(25)11-9-13/h4-11H,1-3,12H2. The zero-order valence-electron chi connectivity index (χ0n) is 13.9. The SMILES string of the molecule is O=C(OCc1nn(-c2ccc(F)cc2)c2c1CCC2)c1cc[n+]([O-])cc1. The minimum atomic E-state index is -0.506. The molecule has 0 N–H and O–H groups in total. The average Bonchev–Trinajstić information content (AvgIpc) is 3.24. The van der Waals surface area contributed by atoms with Gasteiger partial charge in [-0.2, -0.15) is 9.83 Å². The van der Waals surface area contributed by atoms with Gasteiger partial charge in [-0.1, -0.05) is 0 Å². The quantitative estimate of drug-likeness (QED) is 0.410. The van der Waals surface area contributed by atoms with Gasteiger partial charge in [0.1, 0.15) is 18.1 Å². The van der Waals surface area contributed by atoms with Gasteiger partial charge in [0.25, 0.3) is 0 Å². The number of ether oxygens (including phenoxy) is 1. The third-order valence-corrected chi connectivity index (χ3v) is 4.46. The van der Waals surface area contributed by atoms with Crippen molar-refractivity contribution in [3.8, 4) is 5.69 Å². The molecule has 1 aromatic carbocycles. The number of nitrogens with zero attached hydrogens (tertiary/aromatic N) is 3. The van der Waals surface area contributed by atoms with Crippen LogP contribution < -0.4 is 4.73 Å². The maximum atomic E-state index is 13.2. The molecule has 0 saturated carbocycles. The molecule has 0 amide bonds. The molecule has 7 heteroatoms. The Morgan fingerprint density at radius 1 is 1.19 bits per heavy atom. The number of aromatic nitrogens is 3.